The van der Waals surface area contributed by atoms with Crippen LogP contribution in [0, 0.1) is 23.7 Å². The van der Waals surface area contributed by atoms with Crippen LogP contribution < -0.4 is 10.0 Å². The molecule has 1 aromatic rings. The molecule has 9 heteroatoms. The third-order valence-corrected chi connectivity index (χ3v) is 9.80. The number of carboxylic acids is 2. The van der Waals surface area contributed by atoms with Crippen LogP contribution in [0.25, 0.3) is 6.08 Å². The summed E-state index contributed by atoms with van der Waals surface area (Å²) in [7, 11) is 0. The highest BCUT2D eigenvalue weighted by Gasteiger charge is 2.77. The van der Waals surface area contributed by atoms with Crippen molar-refractivity contribution >= 4 is 24.0 Å². The summed E-state index contributed by atoms with van der Waals surface area (Å²) in [4.78, 5) is 35.4. The SMILES string of the molecule is CC1CCC2C(CN3CC[NH+](CC=Cc4ccccc4)CC3)C(=O)OC23C1CCC1(C)OC13.O=C([O-])C(=O)O. The fourth-order valence-corrected chi connectivity index (χ4v) is 7.72. The number of nitrogens with one attached hydrogen (secondary N) is 1. The van der Waals surface area contributed by atoms with Crippen LogP contribution in [0.1, 0.15) is 45.1 Å². The first-order valence-electron chi connectivity index (χ1n) is 14.3. The molecule has 0 aromatic heterocycles. The van der Waals surface area contributed by atoms with Crippen molar-refractivity contribution in [3.05, 3.63) is 42.0 Å². The number of fused-ring (bicyclic) bond motifs is 1. The van der Waals surface area contributed by atoms with E-state index in [1.165, 1.54) is 12.0 Å². The maximum Gasteiger partial charge on any atom is 0.351 e. The highest BCUT2D eigenvalue weighted by molar-refractivity contribution is 6.26. The number of epoxide rings is 1. The van der Waals surface area contributed by atoms with Gasteiger partial charge in [0.1, 0.15) is 11.7 Å². The fourth-order valence-electron chi connectivity index (χ4n) is 7.72. The van der Waals surface area contributed by atoms with E-state index in [0.717, 1.165) is 58.5 Å². The standard InChI is InChI=1S/C28H38N2O3.C2H2O4/c1-20-10-11-24-22(25(31)32-28(24)23(20)12-13-27(2)26(28)33-27)19-30-17-15-29(16-18-30)14-6-9-21-7-4-3-5-8-21;3-1(4)2(5)6/h3-9,20,22-24,26H,10-19H2,1-2H3;(H,3,4)(H,5,6). The fraction of sp³-hybridized carbons (Fsp3) is 0.633. The van der Waals surface area contributed by atoms with Crippen molar-refractivity contribution in [1.82, 2.24) is 4.90 Å². The zero-order valence-electron chi connectivity index (χ0n) is 22.8. The Morgan fingerprint density at radius 2 is 1.85 bits per heavy atom. The van der Waals surface area contributed by atoms with E-state index in [1.54, 1.807) is 4.90 Å². The summed E-state index contributed by atoms with van der Waals surface area (Å²) in [5, 5.41) is 16.3. The largest absolute Gasteiger partial charge is 0.539 e. The molecule has 1 spiro atoms. The average molecular weight is 541 g/mol. The minimum atomic E-state index is -2.07. The topological polar surface area (TPSA) is 124 Å². The lowest BCUT2D eigenvalue weighted by Gasteiger charge is -2.50. The Kier molecular flexibility index (Phi) is 7.86. The van der Waals surface area contributed by atoms with E-state index in [2.05, 4.69) is 61.2 Å². The molecule has 2 N–H and O–H groups in total. The highest BCUT2D eigenvalue weighted by Crippen LogP contribution is 2.66. The van der Waals surface area contributed by atoms with Gasteiger partial charge in [-0.05, 0) is 50.2 Å². The van der Waals surface area contributed by atoms with Crippen molar-refractivity contribution in [1.29, 1.82) is 0 Å². The van der Waals surface area contributed by atoms with Gasteiger partial charge in [-0.2, -0.15) is 0 Å². The summed E-state index contributed by atoms with van der Waals surface area (Å²) < 4.78 is 12.7. The molecule has 3 heterocycles. The second-order valence-corrected chi connectivity index (χ2v) is 12.2. The van der Waals surface area contributed by atoms with Gasteiger partial charge in [-0.15, -0.1) is 0 Å². The van der Waals surface area contributed by atoms with Crippen LogP contribution in [0.2, 0.25) is 0 Å². The Morgan fingerprint density at radius 3 is 2.51 bits per heavy atom. The highest BCUT2D eigenvalue weighted by atomic mass is 16.7. The summed E-state index contributed by atoms with van der Waals surface area (Å²) in [6.45, 7) is 10.9. The first-order valence-corrected chi connectivity index (χ1v) is 14.3. The lowest BCUT2D eigenvalue weighted by molar-refractivity contribution is -0.898. The number of carbonyl (C=O) groups is 3. The molecule has 5 aliphatic rings. The third kappa shape index (κ3) is 5.49. The predicted molar refractivity (Wildman–Crippen MR) is 140 cm³/mol. The van der Waals surface area contributed by atoms with Crippen molar-refractivity contribution in [2.24, 2.45) is 23.7 Å². The molecule has 39 heavy (non-hydrogen) atoms. The Hall–Kier alpha value is -2.75. The zero-order chi connectivity index (χ0) is 27.8. The van der Waals surface area contributed by atoms with Crippen molar-refractivity contribution in [2.45, 2.75) is 56.8 Å². The summed E-state index contributed by atoms with van der Waals surface area (Å²) in [5.41, 5.74) is 0.869. The molecule has 0 bridgehead atoms. The van der Waals surface area contributed by atoms with E-state index in [4.69, 9.17) is 29.3 Å². The molecule has 3 saturated heterocycles. The Morgan fingerprint density at radius 1 is 1.15 bits per heavy atom. The Balaban J connectivity index is 0.000000465. The van der Waals surface area contributed by atoms with E-state index in [-0.39, 0.29) is 29.2 Å². The van der Waals surface area contributed by atoms with Crippen LogP contribution in [-0.2, 0) is 23.9 Å². The van der Waals surface area contributed by atoms with Crippen LogP contribution in [0.15, 0.2) is 36.4 Å². The summed E-state index contributed by atoms with van der Waals surface area (Å²) in [6.07, 6.45) is 9.25. The molecule has 6 rings (SSSR count). The average Bonchev–Trinajstić information content (AvgIpc) is 3.55. The first-order chi connectivity index (χ1) is 18.6. The Labute approximate surface area is 229 Å². The lowest BCUT2D eigenvalue weighted by atomic mass is 9.55. The van der Waals surface area contributed by atoms with Gasteiger partial charge in [0.05, 0.1) is 31.2 Å². The predicted octanol–water partition coefficient (Wildman–Crippen LogP) is 0.247. The van der Waals surface area contributed by atoms with Gasteiger partial charge in [-0.3, -0.25) is 9.69 Å². The maximum atomic E-state index is 13.3. The molecule has 0 radical (unpaired) electrons. The molecule has 7 unspecified atom stereocenters. The number of rotatable bonds is 5. The molecule has 2 aliphatic carbocycles. The zero-order valence-corrected chi connectivity index (χ0v) is 22.8. The minimum Gasteiger partial charge on any atom is -0.539 e. The number of piperazine rings is 1. The number of esters is 1. The number of hydrogen-bond donors (Lipinski definition) is 2. The molecule has 0 amide bonds. The van der Waals surface area contributed by atoms with Gasteiger partial charge in [-0.1, -0.05) is 43.3 Å². The van der Waals surface area contributed by atoms with Gasteiger partial charge in [0, 0.05) is 31.5 Å². The number of hydrogen-bond acceptors (Lipinski definition) is 7. The van der Waals surface area contributed by atoms with Gasteiger partial charge >= 0.3 is 11.9 Å². The van der Waals surface area contributed by atoms with Crippen LogP contribution in [-0.4, -0.2) is 84.5 Å². The van der Waals surface area contributed by atoms with Gasteiger partial charge < -0.3 is 29.4 Å². The number of carbonyl (C=O) groups excluding carboxylic acids is 2. The number of nitrogens with zero attached hydrogens (tertiary/aromatic N) is 1. The van der Waals surface area contributed by atoms with E-state index in [1.807, 2.05) is 0 Å². The summed E-state index contributed by atoms with van der Waals surface area (Å²) in [6, 6.07) is 10.5. The van der Waals surface area contributed by atoms with Crippen molar-refractivity contribution in [3.8, 4) is 0 Å². The molecular weight excluding hydrogens is 500 g/mol. The second-order valence-electron chi connectivity index (χ2n) is 12.2. The molecule has 9 nitrogen and oxygen atoms in total. The third-order valence-electron chi connectivity index (χ3n) is 9.80. The normalized spacial score (nSPS) is 37.6. The van der Waals surface area contributed by atoms with Crippen LogP contribution >= 0.6 is 0 Å². The van der Waals surface area contributed by atoms with Gasteiger partial charge in [-0.25, -0.2) is 4.79 Å². The summed E-state index contributed by atoms with van der Waals surface area (Å²) >= 11 is 0. The van der Waals surface area contributed by atoms with E-state index >= 15 is 0 Å². The summed E-state index contributed by atoms with van der Waals surface area (Å²) in [5.74, 6) is -2.51. The number of benzene rings is 1. The van der Waals surface area contributed by atoms with Crippen molar-refractivity contribution in [2.75, 3.05) is 39.3 Å². The number of carboxylic acid groups (broad SMARTS) is 2. The molecule has 1 aromatic carbocycles. The van der Waals surface area contributed by atoms with Gasteiger partial charge in [0.25, 0.3) is 0 Å². The van der Waals surface area contributed by atoms with Crippen molar-refractivity contribution in [3.63, 3.8) is 0 Å². The van der Waals surface area contributed by atoms with Crippen LogP contribution in [0.5, 0.6) is 0 Å². The van der Waals surface area contributed by atoms with Gasteiger partial charge in [0.2, 0.25) is 0 Å². The Bertz CT molecular complexity index is 1090. The maximum absolute atomic E-state index is 13.3. The monoisotopic (exact) mass is 540 g/mol. The number of aliphatic carboxylic acids is 2. The smallest absolute Gasteiger partial charge is 0.351 e. The number of ether oxygens (including phenoxy) is 2. The van der Waals surface area contributed by atoms with Crippen LogP contribution in [0.4, 0.5) is 0 Å². The van der Waals surface area contributed by atoms with E-state index in [9.17, 15) is 4.79 Å². The molecular formula is C30H40N2O7. The lowest BCUT2D eigenvalue weighted by Crippen LogP contribution is -3.14. The second kappa shape index (κ2) is 11.0. The molecule has 212 valence electrons. The van der Waals surface area contributed by atoms with E-state index in [0.29, 0.717) is 17.8 Å². The van der Waals surface area contributed by atoms with E-state index < -0.39 is 11.9 Å². The molecule has 7 atom stereocenters. The van der Waals surface area contributed by atoms with Crippen LogP contribution in [0.3, 0.4) is 0 Å². The first kappa shape index (κ1) is 27.8. The quantitative estimate of drug-likeness (QED) is 0.310. The van der Waals surface area contributed by atoms with Crippen molar-refractivity contribution < 1.29 is 39.0 Å². The molecule has 2 saturated carbocycles. The molecule has 5 fully saturated rings. The van der Waals surface area contributed by atoms with Gasteiger partial charge in [0.15, 0.2) is 5.97 Å². The minimum absolute atomic E-state index is 0.0195. The number of quaternary nitrogens is 1. The molecule has 3 aliphatic heterocycles.